The fourth-order valence-corrected chi connectivity index (χ4v) is 3.68. The van der Waals surface area contributed by atoms with E-state index in [1.54, 1.807) is 31.6 Å². The Labute approximate surface area is 158 Å². The van der Waals surface area contributed by atoms with Crippen LogP contribution in [0, 0.1) is 0 Å². The fourth-order valence-electron chi connectivity index (χ4n) is 3.68. The highest BCUT2D eigenvalue weighted by atomic mass is 16.5. The van der Waals surface area contributed by atoms with Crippen molar-refractivity contribution in [3.63, 3.8) is 0 Å². The molecule has 0 radical (unpaired) electrons. The van der Waals surface area contributed by atoms with Crippen LogP contribution in [0.2, 0.25) is 0 Å². The number of nitrogens with one attached hydrogen (secondary N) is 1. The van der Waals surface area contributed by atoms with Crippen molar-refractivity contribution in [2.45, 2.75) is 18.8 Å². The molecule has 1 saturated heterocycles. The highest BCUT2D eigenvalue weighted by molar-refractivity contribution is 5.94. The van der Waals surface area contributed by atoms with Gasteiger partial charge in [-0.2, -0.15) is 5.10 Å². The van der Waals surface area contributed by atoms with E-state index in [0.717, 1.165) is 48.5 Å². The van der Waals surface area contributed by atoms with Crippen LogP contribution in [0.25, 0.3) is 11.1 Å². The molecule has 0 spiro atoms. The van der Waals surface area contributed by atoms with E-state index in [4.69, 9.17) is 4.74 Å². The number of aromatic amines is 1. The first-order chi connectivity index (χ1) is 13.3. The predicted octanol–water partition coefficient (Wildman–Crippen LogP) is 3.50. The molecular formula is C21H22N4O2. The third-order valence-electron chi connectivity index (χ3n) is 5.17. The van der Waals surface area contributed by atoms with Gasteiger partial charge in [0, 0.05) is 48.2 Å². The van der Waals surface area contributed by atoms with Crippen LogP contribution in [0.5, 0.6) is 5.75 Å². The lowest BCUT2D eigenvalue weighted by Crippen LogP contribution is -2.38. The second kappa shape index (κ2) is 7.61. The van der Waals surface area contributed by atoms with Crippen LogP contribution in [0.1, 0.15) is 34.8 Å². The van der Waals surface area contributed by atoms with Crippen molar-refractivity contribution in [1.29, 1.82) is 0 Å². The van der Waals surface area contributed by atoms with Crippen molar-refractivity contribution in [3.8, 4) is 16.9 Å². The molecule has 6 heteroatoms. The van der Waals surface area contributed by atoms with Gasteiger partial charge >= 0.3 is 0 Å². The molecule has 0 aliphatic carbocycles. The van der Waals surface area contributed by atoms with E-state index >= 15 is 0 Å². The topological polar surface area (TPSA) is 71.1 Å². The Morgan fingerprint density at radius 1 is 1.19 bits per heavy atom. The third kappa shape index (κ3) is 3.56. The number of carbonyl (C=O) groups excluding carboxylic acids is 1. The summed E-state index contributed by atoms with van der Waals surface area (Å²) in [6, 6.07) is 11.6. The van der Waals surface area contributed by atoms with E-state index in [0.29, 0.717) is 11.5 Å². The molecule has 0 saturated carbocycles. The van der Waals surface area contributed by atoms with E-state index in [1.165, 1.54) is 0 Å². The summed E-state index contributed by atoms with van der Waals surface area (Å²) in [6.07, 6.45) is 7.01. The fraction of sp³-hybridized carbons (Fsp3) is 0.286. The van der Waals surface area contributed by atoms with Gasteiger partial charge in [0.25, 0.3) is 5.91 Å². The van der Waals surface area contributed by atoms with Gasteiger partial charge in [-0.05, 0) is 42.7 Å². The summed E-state index contributed by atoms with van der Waals surface area (Å²) in [7, 11) is 1.67. The Morgan fingerprint density at radius 2 is 1.96 bits per heavy atom. The maximum Gasteiger partial charge on any atom is 0.253 e. The average molecular weight is 362 g/mol. The van der Waals surface area contributed by atoms with Gasteiger partial charge in [-0.3, -0.25) is 14.9 Å². The summed E-state index contributed by atoms with van der Waals surface area (Å²) in [5.74, 6) is 1.26. The van der Waals surface area contributed by atoms with Crippen molar-refractivity contribution < 1.29 is 9.53 Å². The van der Waals surface area contributed by atoms with Crippen LogP contribution in [-0.2, 0) is 0 Å². The quantitative estimate of drug-likeness (QED) is 0.771. The molecule has 0 bridgehead atoms. The summed E-state index contributed by atoms with van der Waals surface area (Å²) >= 11 is 0. The van der Waals surface area contributed by atoms with E-state index < -0.39 is 0 Å². The maximum absolute atomic E-state index is 12.6. The van der Waals surface area contributed by atoms with E-state index in [-0.39, 0.29) is 5.91 Å². The van der Waals surface area contributed by atoms with Gasteiger partial charge in [0.05, 0.1) is 13.3 Å². The number of rotatable bonds is 4. The van der Waals surface area contributed by atoms with Crippen molar-refractivity contribution in [2.75, 3.05) is 20.2 Å². The SMILES string of the molecule is COc1cccc(-c2cn[nH]c2C2CCN(C(=O)c3ccncc3)CC2)c1. The number of piperidine rings is 1. The monoisotopic (exact) mass is 362 g/mol. The molecular weight excluding hydrogens is 340 g/mol. The van der Waals surface area contributed by atoms with Gasteiger partial charge in [-0.25, -0.2) is 0 Å². The number of nitrogens with zero attached hydrogens (tertiary/aromatic N) is 3. The van der Waals surface area contributed by atoms with E-state index in [9.17, 15) is 4.79 Å². The number of benzene rings is 1. The van der Waals surface area contributed by atoms with E-state index in [2.05, 4.69) is 21.2 Å². The minimum absolute atomic E-state index is 0.0773. The van der Waals surface area contributed by atoms with Gasteiger partial charge in [0.2, 0.25) is 0 Å². The number of H-pyrrole nitrogens is 1. The summed E-state index contributed by atoms with van der Waals surface area (Å²) in [5.41, 5.74) is 4.03. The maximum atomic E-state index is 12.6. The molecule has 2 aromatic heterocycles. The molecule has 138 valence electrons. The highest BCUT2D eigenvalue weighted by Gasteiger charge is 2.27. The van der Waals surface area contributed by atoms with Gasteiger partial charge in [0.15, 0.2) is 0 Å². The Morgan fingerprint density at radius 3 is 2.70 bits per heavy atom. The second-order valence-corrected chi connectivity index (χ2v) is 6.73. The minimum atomic E-state index is 0.0773. The molecule has 6 nitrogen and oxygen atoms in total. The first kappa shape index (κ1) is 17.3. The Bertz CT molecular complexity index is 915. The lowest BCUT2D eigenvalue weighted by molar-refractivity contribution is 0.0712. The smallest absolute Gasteiger partial charge is 0.253 e. The number of pyridine rings is 1. The molecule has 27 heavy (non-hydrogen) atoms. The molecule has 0 atom stereocenters. The van der Waals surface area contributed by atoms with Crippen molar-refractivity contribution in [1.82, 2.24) is 20.1 Å². The second-order valence-electron chi connectivity index (χ2n) is 6.73. The molecule has 1 aliphatic rings. The number of methoxy groups -OCH3 is 1. The summed E-state index contributed by atoms with van der Waals surface area (Å²) < 4.78 is 5.34. The Balaban J connectivity index is 1.48. The summed E-state index contributed by atoms with van der Waals surface area (Å²) in [6.45, 7) is 1.48. The van der Waals surface area contributed by atoms with Gasteiger partial charge in [-0.15, -0.1) is 0 Å². The zero-order valence-electron chi connectivity index (χ0n) is 15.3. The molecule has 1 fully saturated rings. The van der Waals surface area contributed by atoms with Crippen molar-refractivity contribution in [3.05, 3.63) is 66.2 Å². The molecule has 1 N–H and O–H groups in total. The molecule has 1 aromatic carbocycles. The van der Waals surface area contributed by atoms with Gasteiger partial charge < -0.3 is 9.64 Å². The molecule has 1 aliphatic heterocycles. The number of carbonyl (C=O) groups is 1. The lowest BCUT2D eigenvalue weighted by atomic mass is 9.89. The number of likely N-dealkylation sites (tertiary alicyclic amines) is 1. The van der Waals surface area contributed by atoms with Crippen LogP contribution in [-0.4, -0.2) is 46.2 Å². The minimum Gasteiger partial charge on any atom is -0.497 e. The first-order valence-electron chi connectivity index (χ1n) is 9.13. The molecule has 3 aromatic rings. The largest absolute Gasteiger partial charge is 0.497 e. The predicted molar refractivity (Wildman–Crippen MR) is 103 cm³/mol. The van der Waals surface area contributed by atoms with Gasteiger partial charge in [-0.1, -0.05) is 12.1 Å². The number of hydrogen-bond donors (Lipinski definition) is 1. The van der Waals surface area contributed by atoms with Gasteiger partial charge in [0.1, 0.15) is 5.75 Å². The van der Waals surface area contributed by atoms with Crippen LogP contribution in [0.3, 0.4) is 0 Å². The molecule has 4 rings (SSSR count). The van der Waals surface area contributed by atoms with Crippen LogP contribution in [0.15, 0.2) is 55.0 Å². The average Bonchev–Trinajstić information content (AvgIpc) is 3.24. The Hall–Kier alpha value is -3.15. The molecule has 0 unspecified atom stereocenters. The van der Waals surface area contributed by atoms with Crippen LogP contribution >= 0.6 is 0 Å². The summed E-state index contributed by atoms with van der Waals surface area (Å²) in [4.78, 5) is 18.5. The third-order valence-corrected chi connectivity index (χ3v) is 5.17. The van der Waals surface area contributed by atoms with Crippen LogP contribution < -0.4 is 4.74 Å². The van der Waals surface area contributed by atoms with Crippen molar-refractivity contribution >= 4 is 5.91 Å². The molecule has 1 amide bonds. The van der Waals surface area contributed by atoms with Crippen LogP contribution in [0.4, 0.5) is 0 Å². The normalized spacial score (nSPS) is 14.9. The lowest BCUT2D eigenvalue weighted by Gasteiger charge is -2.32. The van der Waals surface area contributed by atoms with E-state index in [1.807, 2.05) is 29.3 Å². The number of ether oxygens (including phenoxy) is 1. The standard InChI is InChI=1S/C21H22N4O2/c1-27-18-4-2-3-17(13-18)19-14-23-24-20(19)15-7-11-25(12-8-15)21(26)16-5-9-22-10-6-16/h2-6,9-10,13-15H,7-8,11-12H2,1H3,(H,23,24). The highest BCUT2D eigenvalue weighted by Crippen LogP contribution is 2.35. The van der Waals surface area contributed by atoms with Crippen molar-refractivity contribution in [2.24, 2.45) is 0 Å². The first-order valence-corrected chi connectivity index (χ1v) is 9.13. The Kier molecular flexibility index (Phi) is 4.87. The molecule has 3 heterocycles. The number of aromatic nitrogens is 3. The zero-order valence-corrected chi connectivity index (χ0v) is 15.3. The summed E-state index contributed by atoms with van der Waals surface area (Å²) in [5, 5.41) is 7.46. The zero-order chi connectivity index (χ0) is 18.6. The number of amides is 1. The number of hydrogen-bond acceptors (Lipinski definition) is 4.